The third-order valence-corrected chi connectivity index (χ3v) is 4.17. The summed E-state index contributed by atoms with van der Waals surface area (Å²) in [6.45, 7) is 1.81. The summed E-state index contributed by atoms with van der Waals surface area (Å²) in [4.78, 5) is 27.7. The van der Waals surface area contributed by atoms with Gasteiger partial charge >= 0.3 is 5.91 Å². The number of benzene rings is 2. The lowest BCUT2D eigenvalue weighted by Gasteiger charge is -2.05. The normalized spacial score (nSPS) is 10.9. The molecule has 0 radical (unpaired) electrons. The minimum atomic E-state index is -0.498. The molecule has 0 spiro atoms. The summed E-state index contributed by atoms with van der Waals surface area (Å²) in [5.74, 6) is -0.720. The van der Waals surface area contributed by atoms with Crippen molar-refractivity contribution in [3.05, 3.63) is 71.6 Å². The van der Waals surface area contributed by atoms with Crippen molar-refractivity contribution in [2.24, 2.45) is 0 Å². The number of hydrogen-bond donors (Lipinski definition) is 3. The Morgan fingerprint density at radius 3 is 2.40 bits per heavy atom. The number of carbonyl (C=O) groups excluding carboxylic acids is 2. The van der Waals surface area contributed by atoms with Gasteiger partial charge in [0.15, 0.2) is 5.76 Å². The van der Waals surface area contributed by atoms with Gasteiger partial charge in [-0.2, -0.15) is 0 Å². The van der Waals surface area contributed by atoms with E-state index in [0.29, 0.717) is 11.1 Å². The molecule has 124 valence electrons. The summed E-state index contributed by atoms with van der Waals surface area (Å²) in [6.07, 6.45) is 1.61. The maximum atomic E-state index is 12.3. The van der Waals surface area contributed by atoms with Crippen molar-refractivity contribution >= 4 is 33.7 Å². The van der Waals surface area contributed by atoms with Crippen LogP contribution in [0.3, 0.4) is 0 Å². The summed E-state index contributed by atoms with van der Waals surface area (Å²) in [5, 5.41) is 1.66. The van der Waals surface area contributed by atoms with Crippen molar-refractivity contribution in [3.8, 4) is 0 Å². The van der Waals surface area contributed by atoms with E-state index in [1.807, 2.05) is 49.4 Å². The second kappa shape index (κ2) is 5.83. The van der Waals surface area contributed by atoms with Gasteiger partial charge in [0, 0.05) is 28.0 Å². The Bertz CT molecular complexity index is 1110. The summed E-state index contributed by atoms with van der Waals surface area (Å²) in [6, 6.07) is 14.8. The number of rotatable bonds is 2. The molecule has 0 bridgehead atoms. The highest BCUT2D eigenvalue weighted by Crippen LogP contribution is 2.24. The lowest BCUT2D eigenvalue weighted by Crippen LogP contribution is -2.41. The van der Waals surface area contributed by atoms with E-state index in [1.165, 1.54) is 0 Å². The minimum Gasteiger partial charge on any atom is -0.451 e. The number of hydrazine groups is 1. The fourth-order valence-corrected chi connectivity index (χ4v) is 2.89. The summed E-state index contributed by atoms with van der Waals surface area (Å²) in [5.41, 5.74) is 7.51. The first-order valence-corrected chi connectivity index (χ1v) is 7.80. The molecule has 2 aromatic heterocycles. The Hall–Kier alpha value is -3.54. The van der Waals surface area contributed by atoms with Crippen molar-refractivity contribution < 1.29 is 14.0 Å². The fraction of sp³-hybridized carbons (Fsp3) is 0.0526. The van der Waals surface area contributed by atoms with Gasteiger partial charge in [0.1, 0.15) is 5.58 Å². The molecule has 2 aromatic carbocycles. The van der Waals surface area contributed by atoms with E-state index in [0.717, 1.165) is 21.9 Å². The first kappa shape index (κ1) is 15.0. The number of aromatic amines is 1. The molecule has 2 amide bonds. The predicted molar refractivity (Wildman–Crippen MR) is 94.2 cm³/mol. The maximum Gasteiger partial charge on any atom is 0.305 e. The lowest BCUT2D eigenvalue weighted by molar-refractivity contribution is 0.0832. The molecular formula is C19H15N3O3. The van der Waals surface area contributed by atoms with Crippen molar-refractivity contribution in [2.45, 2.75) is 6.92 Å². The van der Waals surface area contributed by atoms with Crippen molar-refractivity contribution in [2.75, 3.05) is 0 Å². The predicted octanol–water partition coefficient (Wildman–Crippen LogP) is 3.30. The molecular weight excluding hydrogens is 318 g/mol. The molecule has 0 saturated heterocycles. The van der Waals surface area contributed by atoms with Crippen LogP contribution >= 0.6 is 0 Å². The van der Waals surface area contributed by atoms with Crippen molar-refractivity contribution in [1.29, 1.82) is 0 Å². The van der Waals surface area contributed by atoms with Crippen molar-refractivity contribution in [3.63, 3.8) is 0 Å². The lowest BCUT2D eigenvalue weighted by atomic mass is 10.1. The smallest absolute Gasteiger partial charge is 0.305 e. The Morgan fingerprint density at radius 1 is 0.920 bits per heavy atom. The number of H-pyrrole nitrogens is 1. The van der Waals surface area contributed by atoms with Crippen LogP contribution < -0.4 is 10.9 Å². The number of aromatic nitrogens is 1. The van der Waals surface area contributed by atoms with E-state index in [-0.39, 0.29) is 5.76 Å². The van der Waals surface area contributed by atoms with Crippen LogP contribution in [0.2, 0.25) is 0 Å². The summed E-state index contributed by atoms with van der Waals surface area (Å²) < 4.78 is 5.58. The van der Waals surface area contributed by atoms with Crippen LogP contribution in [0.25, 0.3) is 21.9 Å². The van der Waals surface area contributed by atoms with Gasteiger partial charge in [-0.15, -0.1) is 0 Å². The standard InChI is InChI=1S/C19H15N3O3/c1-11-12-6-3-5-9-16(12)25-17(11)19(24)22-21-18(23)14-10-20-15-8-4-2-7-13(14)15/h2-10,20H,1H3,(H,21,23)(H,22,24). The molecule has 0 unspecified atom stereocenters. The van der Waals surface area contributed by atoms with Gasteiger partial charge in [-0.3, -0.25) is 20.4 Å². The fourth-order valence-electron chi connectivity index (χ4n) is 2.89. The van der Waals surface area contributed by atoms with Crippen LogP contribution in [-0.4, -0.2) is 16.8 Å². The molecule has 6 heteroatoms. The van der Waals surface area contributed by atoms with E-state index in [9.17, 15) is 9.59 Å². The van der Waals surface area contributed by atoms with E-state index in [4.69, 9.17) is 4.42 Å². The molecule has 0 aliphatic carbocycles. The number of carbonyl (C=O) groups is 2. The molecule has 4 rings (SSSR count). The first-order valence-electron chi connectivity index (χ1n) is 7.80. The Labute approximate surface area is 142 Å². The minimum absolute atomic E-state index is 0.181. The summed E-state index contributed by atoms with van der Waals surface area (Å²) >= 11 is 0. The highest BCUT2D eigenvalue weighted by Gasteiger charge is 2.19. The van der Waals surface area contributed by atoms with Gasteiger partial charge in [0.2, 0.25) is 0 Å². The van der Waals surface area contributed by atoms with Gasteiger partial charge in [-0.05, 0) is 19.1 Å². The van der Waals surface area contributed by atoms with Gasteiger partial charge < -0.3 is 9.40 Å². The number of hydrogen-bond acceptors (Lipinski definition) is 3. The number of aryl methyl sites for hydroxylation is 1. The van der Waals surface area contributed by atoms with E-state index in [2.05, 4.69) is 15.8 Å². The molecule has 25 heavy (non-hydrogen) atoms. The molecule has 0 aliphatic rings. The zero-order valence-corrected chi connectivity index (χ0v) is 13.4. The molecule has 6 nitrogen and oxygen atoms in total. The van der Waals surface area contributed by atoms with Gasteiger partial charge in [0.05, 0.1) is 5.56 Å². The molecule has 0 aliphatic heterocycles. The Balaban J connectivity index is 1.53. The molecule has 0 fully saturated rings. The second-order valence-corrected chi connectivity index (χ2v) is 5.71. The zero-order chi connectivity index (χ0) is 17.4. The van der Waals surface area contributed by atoms with Crippen LogP contribution in [-0.2, 0) is 0 Å². The van der Waals surface area contributed by atoms with Crippen LogP contribution in [0.1, 0.15) is 26.5 Å². The first-order chi connectivity index (χ1) is 12.1. The highest BCUT2D eigenvalue weighted by atomic mass is 16.3. The number of fused-ring (bicyclic) bond motifs is 2. The number of amides is 2. The highest BCUT2D eigenvalue weighted by molar-refractivity contribution is 6.08. The molecule has 2 heterocycles. The second-order valence-electron chi connectivity index (χ2n) is 5.71. The van der Waals surface area contributed by atoms with Gasteiger partial charge in [0.25, 0.3) is 5.91 Å². The summed E-state index contributed by atoms with van der Waals surface area (Å²) in [7, 11) is 0. The van der Waals surface area contributed by atoms with Crippen molar-refractivity contribution in [1.82, 2.24) is 15.8 Å². The average Bonchev–Trinajstić information content (AvgIpc) is 3.21. The molecule has 0 atom stereocenters. The third-order valence-electron chi connectivity index (χ3n) is 4.17. The monoisotopic (exact) mass is 333 g/mol. The average molecular weight is 333 g/mol. The van der Waals surface area contributed by atoms with Crippen LogP contribution in [0.5, 0.6) is 0 Å². The molecule has 3 N–H and O–H groups in total. The maximum absolute atomic E-state index is 12.3. The third kappa shape index (κ3) is 2.53. The number of nitrogens with one attached hydrogen (secondary N) is 3. The number of furan rings is 1. The van der Waals surface area contributed by atoms with Gasteiger partial charge in [-0.1, -0.05) is 36.4 Å². The van der Waals surface area contributed by atoms with Crippen LogP contribution in [0, 0.1) is 6.92 Å². The quantitative estimate of drug-likeness (QED) is 0.492. The molecule has 0 saturated carbocycles. The zero-order valence-electron chi connectivity index (χ0n) is 13.4. The van der Waals surface area contributed by atoms with E-state index < -0.39 is 11.8 Å². The topological polar surface area (TPSA) is 87.1 Å². The molecule has 4 aromatic rings. The SMILES string of the molecule is Cc1c(C(=O)NNC(=O)c2c[nH]c3ccccc23)oc2ccccc12. The Kier molecular flexibility index (Phi) is 3.50. The van der Waals surface area contributed by atoms with E-state index >= 15 is 0 Å². The number of para-hydroxylation sites is 2. The van der Waals surface area contributed by atoms with E-state index in [1.54, 1.807) is 12.3 Å². The van der Waals surface area contributed by atoms with Crippen LogP contribution in [0.4, 0.5) is 0 Å². The van der Waals surface area contributed by atoms with Gasteiger partial charge in [-0.25, -0.2) is 0 Å². The van der Waals surface area contributed by atoms with Crippen LogP contribution in [0.15, 0.2) is 59.1 Å². The largest absolute Gasteiger partial charge is 0.451 e. The Morgan fingerprint density at radius 2 is 1.60 bits per heavy atom.